The number of hydrogen-bond donors (Lipinski definition) is 1. The highest BCUT2D eigenvalue weighted by atomic mass is 35.5. The summed E-state index contributed by atoms with van der Waals surface area (Å²) in [5.74, 6) is 0.392. The van der Waals surface area contributed by atoms with E-state index in [4.69, 9.17) is 16.3 Å². The molecule has 5 heteroatoms. The topological polar surface area (TPSA) is 41.6 Å². The van der Waals surface area contributed by atoms with Crippen LogP contribution < -0.4 is 10.1 Å². The third-order valence-corrected chi connectivity index (χ3v) is 3.64. The highest BCUT2D eigenvalue weighted by molar-refractivity contribution is 6.32. The Morgan fingerprint density at radius 2 is 2.15 bits per heavy atom. The molecule has 0 bridgehead atoms. The van der Waals surface area contributed by atoms with Gasteiger partial charge in [-0.3, -0.25) is 4.79 Å². The van der Waals surface area contributed by atoms with Gasteiger partial charge >= 0.3 is 0 Å². The molecule has 0 heterocycles. The van der Waals surface area contributed by atoms with Crippen molar-refractivity contribution < 1.29 is 9.53 Å². The number of carbonyl (C=O) groups excluding carboxylic acids is 1. The maximum absolute atomic E-state index is 11.7. The van der Waals surface area contributed by atoms with E-state index in [0.29, 0.717) is 23.4 Å². The van der Waals surface area contributed by atoms with Gasteiger partial charge < -0.3 is 15.0 Å². The molecule has 1 rings (SSSR count). The fraction of sp³-hybridized carbons (Fsp3) is 0.533. The average Bonchev–Trinajstić information content (AvgIpc) is 2.45. The number of halogens is 1. The molecule has 0 saturated heterocycles. The van der Waals surface area contributed by atoms with E-state index in [0.717, 1.165) is 13.0 Å². The van der Waals surface area contributed by atoms with Crippen molar-refractivity contribution in [1.82, 2.24) is 10.2 Å². The van der Waals surface area contributed by atoms with Gasteiger partial charge in [0.1, 0.15) is 5.75 Å². The first kappa shape index (κ1) is 16.8. The Morgan fingerprint density at radius 3 is 2.80 bits per heavy atom. The number of ether oxygens (including phenoxy) is 1. The van der Waals surface area contributed by atoms with Crippen LogP contribution in [-0.2, 0) is 4.79 Å². The molecule has 1 aromatic rings. The zero-order valence-electron chi connectivity index (χ0n) is 12.4. The van der Waals surface area contributed by atoms with Crippen LogP contribution in [0.2, 0.25) is 5.02 Å². The van der Waals surface area contributed by atoms with Gasteiger partial charge in [0.2, 0.25) is 0 Å². The summed E-state index contributed by atoms with van der Waals surface area (Å²) in [4.78, 5) is 13.9. The van der Waals surface area contributed by atoms with Crippen LogP contribution in [0.25, 0.3) is 0 Å². The van der Waals surface area contributed by atoms with Crippen LogP contribution in [0.5, 0.6) is 5.75 Å². The van der Waals surface area contributed by atoms with Gasteiger partial charge in [-0.2, -0.15) is 0 Å². The van der Waals surface area contributed by atoms with Gasteiger partial charge in [-0.05, 0) is 32.5 Å². The number of rotatable bonds is 8. The second-order valence-electron chi connectivity index (χ2n) is 4.81. The van der Waals surface area contributed by atoms with E-state index in [-0.39, 0.29) is 12.5 Å². The smallest absolute Gasteiger partial charge is 0.257 e. The SMILES string of the molecule is CC[C@H](C)N(C)CCNC(=O)COc1ccccc1Cl. The summed E-state index contributed by atoms with van der Waals surface area (Å²) in [5.41, 5.74) is 0. The van der Waals surface area contributed by atoms with E-state index in [9.17, 15) is 4.79 Å². The van der Waals surface area contributed by atoms with Crippen LogP contribution in [0.4, 0.5) is 0 Å². The second-order valence-corrected chi connectivity index (χ2v) is 5.21. The summed E-state index contributed by atoms with van der Waals surface area (Å²) in [5, 5.41) is 3.34. The lowest BCUT2D eigenvalue weighted by Crippen LogP contribution is -2.38. The molecule has 0 unspecified atom stereocenters. The predicted octanol–water partition coefficient (Wildman–Crippen LogP) is 2.57. The standard InChI is InChI=1S/C15H23ClN2O2/c1-4-12(2)18(3)10-9-17-15(19)11-20-14-8-6-5-7-13(14)16/h5-8,12H,4,9-11H2,1-3H3,(H,17,19)/t12-/m0/s1. The van der Waals surface area contributed by atoms with Gasteiger partial charge in [0.05, 0.1) is 5.02 Å². The Morgan fingerprint density at radius 1 is 1.45 bits per heavy atom. The summed E-state index contributed by atoms with van der Waals surface area (Å²) in [6.45, 7) is 5.74. The molecule has 1 aromatic carbocycles. The number of carbonyl (C=O) groups is 1. The number of nitrogens with one attached hydrogen (secondary N) is 1. The van der Waals surface area contributed by atoms with Crippen LogP contribution in [0, 0.1) is 0 Å². The molecule has 0 aliphatic carbocycles. The molecule has 0 radical (unpaired) electrons. The normalized spacial score (nSPS) is 12.2. The highest BCUT2D eigenvalue weighted by Crippen LogP contribution is 2.22. The van der Waals surface area contributed by atoms with E-state index in [2.05, 4.69) is 31.1 Å². The van der Waals surface area contributed by atoms with E-state index in [1.807, 2.05) is 12.1 Å². The second kappa shape index (κ2) is 8.82. The molecule has 1 N–H and O–H groups in total. The zero-order chi connectivity index (χ0) is 15.0. The van der Waals surface area contributed by atoms with Crippen molar-refractivity contribution in [2.24, 2.45) is 0 Å². The fourth-order valence-electron chi connectivity index (χ4n) is 1.66. The summed E-state index contributed by atoms with van der Waals surface area (Å²) in [6.07, 6.45) is 1.10. The van der Waals surface area contributed by atoms with Gasteiger partial charge in [-0.25, -0.2) is 0 Å². The molecular formula is C15H23ClN2O2. The van der Waals surface area contributed by atoms with E-state index in [1.54, 1.807) is 12.1 Å². The van der Waals surface area contributed by atoms with Crippen molar-refractivity contribution in [3.8, 4) is 5.75 Å². The minimum Gasteiger partial charge on any atom is -0.482 e. The van der Waals surface area contributed by atoms with Crippen molar-refractivity contribution in [2.45, 2.75) is 26.3 Å². The van der Waals surface area contributed by atoms with Gasteiger partial charge in [0, 0.05) is 19.1 Å². The Labute approximate surface area is 126 Å². The Hall–Kier alpha value is -1.26. The van der Waals surface area contributed by atoms with E-state index >= 15 is 0 Å². The zero-order valence-corrected chi connectivity index (χ0v) is 13.1. The molecule has 1 atom stereocenters. The lowest BCUT2D eigenvalue weighted by molar-refractivity contribution is -0.123. The van der Waals surface area contributed by atoms with E-state index < -0.39 is 0 Å². The first-order valence-corrected chi connectivity index (χ1v) is 7.26. The van der Waals surface area contributed by atoms with Crippen LogP contribution in [0.1, 0.15) is 20.3 Å². The van der Waals surface area contributed by atoms with Gasteiger partial charge in [0.25, 0.3) is 5.91 Å². The van der Waals surface area contributed by atoms with Crippen molar-refractivity contribution in [3.05, 3.63) is 29.3 Å². The molecule has 0 aliphatic heterocycles. The van der Waals surface area contributed by atoms with Gasteiger partial charge in [0.15, 0.2) is 6.61 Å². The minimum absolute atomic E-state index is 0.0171. The quantitative estimate of drug-likeness (QED) is 0.802. The number of likely N-dealkylation sites (N-methyl/N-ethyl adjacent to an activating group) is 1. The van der Waals surface area contributed by atoms with Gasteiger partial charge in [-0.15, -0.1) is 0 Å². The molecule has 0 spiro atoms. The third kappa shape index (κ3) is 5.80. The van der Waals surface area contributed by atoms with Crippen molar-refractivity contribution >= 4 is 17.5 Å². The minimum atomic E-state index is -0.137. The molecular weight excluding hydrogens is 276 g/mol. The van der Waals surface area contributed by atoms with Crippen LogP contribution in [0.3, 0.4) is 0 Å². The molecule has 1 amide bonds. The molecule has 20 heavy (non-hydrogen) atoms. The highest BCUT2D eigenvalue weighted by Gasteiger charge is 2.08. The van der Waals surface area contributed by atoms with Crippen LogP contribution >= 0.6 is 11.6 Å². The van der Waals surface area contributed by atoms with Crippen molar-refractivity contribution in [3.63, 3.8) is 0 Å². The summed E-state index contributed by atoms with van der Waals surface area (Å²) in [7, 11) is 2.06. The number of para-hydroxylation sites is 1. The first-order valence-electron chi connectivity index (χ1n) is 6.88. The van der Waals surface area contributed by atoms with Crippen LogP contribution in [0.15, 0.2) is 24.3 Å². The number of benzene rings is 1. The lowest BCUT2D eigenvalue weighted by atomic mass is 10.2. The lowest BCUT2D eigenvalue weighted by Gasteiger charge is -2.23. The Bertz CT molecular complexity index is 426. The number of amides is 1. The molecule has 0 aliphatic rings. The average molecular weight is 299 g/mol. The first-order chi connectivity index (χ1) is 9.54. The van der Waals surface area contributed by atoms with Crippen LogP contribution in [-0.4, -0.2) is 43.6 Å². The summed E-state index contributed by atoms with van der Waals surface area (Å²) >= 11 is 5.94. The molecule has 0 fully saturated rings. The van der Waals surface area contributed by atoms with Gasteiger partial charge in [-0.1, -0.05) is 30.7 Å². The summed E-state index contributed by atoms with van der Waals surface area (Å²) in [6, 6.07) is 7.63. The molecule has 4 nitrogen and oxygen atoms in total. The largest absolute Gasteiger partial charge is 0.482 e. The fourth-order valence-corrected chi connectivity index (χ4v) is 1.85. The summed E-state index contributed by atoms with van der Waals surface area (Å²) < 4.78 is 5.37. The van der Waals surface area contributed by atoms with Crippen molar-refractivity contribution in [2.75, 3.05) is 26.7 Å². The third-order valence-electron chi connectivity index (χ3n) is 3.33. The Kier molecular flexibility index (Phi) is 7.41. The van der Waals surface area contributed by atoms with E-state index in [1.165, 1.54) is 0 Å². The van der Waals surface area contributed by atoms with Crippen molar-refractivity contribution in [1.29, 1.82) is 0 Å². The number of hydrogen-bond acceptors (Lipinski definition) is 3. The molecule has 112 valence electrons. The maximum Gasteiger partial charge on any atom is 0.257 e. The molecule has 0 saturated carbocycles. The molecule has 0 aromatic heterocycles. The maximum atomic E-state index is 11.7. The predicted molar refractivity (Wildman–Crippen MR) is 82.3 cm³/mol. The Balaban J connectivity index is 2.23. The monoisotopic (exact) mass is 298 g/mol. The number of nitrogens with zero attached hydrogens (tertiary/aromatic N) is 1.